The van der Waals surface area contributed by atoms with Crippen molar-refractivity contribution in [3.05, 3.63) is 35.6 Å². The van der Waals surface area contributed by atoms with Gasteiger partial charge in [0.15, 0.2) is 0 Å². The van der Waals surface area contributed by atoms with Gasteiger partial charge in [-0.1, -0.05) is 39.0 Å². The van der Waals surface area contributed by atoms with E-state index in [-0.39, 0.29) is 17.3 Å². The third-order valence-electron chi connectivity index (χ3n) is 3.02. The Balaban J connectivity index is 2.56. The molecule has 0 saturated carbocycles. The smallest absolute Gasteiger partial charge is 0.127 e. The van der Waals surface area contributed by atoms with E-state index in [2.05, 4.69) is 25.7 Å². The van der Waals surface area contributed by atoms with Gasteiger partial charge in [-0.15, -0.1) is 0 Å². The van der Waals surface area contributed by atoms with Crippen molar-refractivity contribution < 1.29 is 4.39 Å². The number of rotatable bonds is 4. The molecule has 0 heterocycles. The van der Waals surface area contributed by atoms with Crippen molar-refractivity contribution in [2.75, 3.05) is 13.6 Å². The molecule has 96 valence electrons. The largest absolute Gasteiger partial charge is 0.326 e. The maximum atomic E-state index is 13.5. The molecule has 0 aromatic heterocycles. The molecule has 2 nitrogen and oxygen atoms in total. The summed E-state index contributed by atoms with van der Waals surface area (Å²) < 4.78 is 13.5. The molecule has 1 aromatic carbocycles. The van der Waals surface area contributed by atoms with E-state index in [1.165, 1.54) is 6.07 Å². The first-order valence-electron chi connectivity index (χ1n) is 5.98. The van der Waals surface area contributed by atoms with Gasteiger partial charge < -0.3 is 10.6 Å². The fourth-order valence-electron chi connectivity index (χ4n) is 1.59. The minimum atomic E-state index is -0.149. The Morgan fingerprint density at radius 3 is 2.41 bits per heavy atom. The quantitative estimate of drug-likeness (QED) is 0.873. The van der Waals surface area contributed by atoms with Crippen LogP contribution in [0.1, 0.15) is 26.3 Å². The van der Waals surface area contributed by atoms with Crippen LogP contribution < -0.4 is 5.73 Å². The number of benzene rings is 1. The third kappa shape index (κ3) is 4.44. The molecule has 3 heteroatoms. The van der Waals surface area contributed by atoms with Crippen LogP contribution in [0, 0.1) is 11.2 Å². The van der Waals surface area contributed by atoms with Crippen molar-refractivity contribution in [1.82, 2.24) is 4.90 Å². The van der Waals surface area contributed by atoms with Gasteiger partial charge in [-0.3, -0.25) is 0 Å². The molecule has 2 N–H and O–H groups in total. The minimum Gasteiger partial charge on any atom is -0.326 e. The first kappa shape index (κ1) is 14.1. The number of nitrogens with zero attached hydrogens (tertiary/aromatic N) is 1. The number of likely N-dealkylation sites (N-methyl/N-ethyl adjacent to an activating group) is 1. The highest BCUT2D eigenvalue weighted by atomic mass is 19.1. The molecule has 0 amide bonds. The van der Waals surface area contributed by atoms with Gasteiger partial charge in [-0.25, -0.2) is 4.39 Å². The zero-order valence-electron chi connectivity index (χ0n) is 11.2. The summed E-state index contributed by atoms with van der Waals surface area (Å²) in [6.45, 7) is 7.71. The lowest BCUT2D eigenvalue weighted by molar-refractivity contribution is 0.221. The molecule has 0 unspecified atom stereocenters. The minimum absolute atomic E-state index is 0.0729. The Kier molecular flexibility index (Phi) is 4.66. The molecule has 1 aromatic rings. The van der Waals surface area contributed by atoms with E-state index >= 15 is 0 Å². The summed E-state index contributed by atoms with van der Waals surface area (Å²) >= 11 is 0. The molecule has 0 spiro atoms. The number of hydrogen-bond donors (Lipinski definition) is 1. The molecular formula is C14H23FN2. The molecule has 17 heavy (non-hydrogen) atoms. The predicted octanol–water partition coefficient (Wildman–Crippen LogP) is 2.63. The van der Waals surface area contributed by atoms with Crippen molar-refractivity contribution in [1.29, 1.82) is 0 Å². The van der Waals surface area contributed by atoms with Crippen molar-refractivity contribution in [3.8, 4) is 0 Å². The highest BCUT2D eigenvalue weighted by Gasteiger charge is 2.21. The van der Waals surface area contributed by atoms with Crippen LogP contribution >= 0.6 is 0 Å². The van der Waals surface area contributed by atoms with Gasteiger partial charge in [-0.05, 0) is 18.5 Å². The summed E-state index contributed by atoms with van der Waals surface area (Å²) in [6.07, 6.45) is 0. The molecule has 0 saturated heterocycles. The topological polar surface area (TPSA) is 29.3 Å². The van der Waals surface area contributed by atoms with Crippen LogP contribution in [0.3, 0.4) is 0 Å². The Morgan fingerprint density at radius 2 is 1.88 bits per heavy atom. The van der Waals surface area contributed by atoms with Crippen LogP contribution in [-0.4, -0.2) is 24.5 Å². The fourth-order valence-corrected chi connectivity index (χ4v) is 1.59. The van der Waals surface area contributed by atoms with E-state index in [4.69, 9.17) is 5.73 Å². The summed E-state index contributed by atoms with van der Waals surface area (Å²) in [7, 11) is 1.97. The average molecular weight is 238 g/mol. The standard InChI is InChI=1S/C14H23FN2/c1-14(2,3)13(16)10-17(4)9-11-7-5-6-8-12(11)15/h5-8,13H,9-10,16H2,1-4H3/t13-/m1/s1. The zero-order chi connectivity index (χ0) is 13.1. The Bertz CT molecular complexity index is 357. The van der Waals surface area contributed by atoms with Gasteiger partial charge in [0.2, 0.25) is 0 Å². The number of nitrogens with two attached hydrogens (primary N) is 1. The first-order chi connectivity index (χ1) is 7.80. The highest BCUT2D eigenvalue weighted by molar-refractivity contribution is 5.17. The molecule has 0 aliphatic carbocycles. The van der Waals surface area contributed by atoms with Gasteiger partial charge in [0.25, 0.3) is 0 Å². The van der Waals surface area contributed by atoms with E-state index in [0.29, 0.717) is 6.54 Å². The van der Waals surface area contributed by atoms with Gasteiger partial charge in [0.1, 0.15) is 5.82 Å². The molecular weight excluding hydrogens is 215 g/mol. The van der Waals surface area contributed by atoms with Gasteiger partial charge in [0.05, 0.1) is 0 Å². The average Bonchev–Trinajstić information content (AvgIpc) is 2.20. The lowest BCUT2D eigenvalue weighted by Crippen LogP contribution is -2.44. The van der Waals surface area contributed by atoms with Crippen LogP contribution in [0.5, 0.6) is 0 Å². The summed E-state index contributed by atoms with van der Waals surface area (Å²) in [5.41, 5.74) is 6.90. The first-order valence-corrected chi connectivity index (χ1v) is 5.98. The molecule has 1 rings (SSSR count). The second-order valence-electron chi connectivity index (χ2n) is 5.76. The Morgan fingerprint density at radius 1 is 1.29 bits per heavy atom. The van der Waals surface area contributed by atoms with Crippen LogP contribution in [-0.2, 0) is 6.54 Å². The summed E-state index contributed by atoms with van der Waals surface area (Å²) in [6, 6.07) is 6.95. The molecule has 1 atom stereocenters. The second kappa shape index (κ2) is 5.61. The Labute approximate surface area is 104 Å². The lowest BCUT2D eigenvalue weighted by atomic mass is 9.87. The van der Waals surface area contributed by atoms with E-state index in [0.717, 1.165) is 12.1 Å². The van der Waals surface area contributed by atoms with Crippen molar-refractivity contribution >= 4 is 0 Å². The van der Waals surface area contributed by atoms with Crippen molar-refractivity contribution in [3.63, 3.8) is 0 Å². The third-order valence-corrected chi connectivity index (χ3v) is 3.02. The van der Waals surface area contributed by atoms with E-state index < -0.39 is 0 Å². The second-order valence-corrected chi connectivity index (χ2v) is 5.76. The van der Waals surface area contributed by atoms with E-state index in [9.17, 15) is 4.39 Å². The van der Waals surface area contributed by atoms with Gasteiger partial charge >= 0.3 is 0 Å². The molecule has 0 fully saturated rings. The van der Waals surface area contributed by atoms with Gasteiger partial charge in [0, 0.05) is 24.7 Å². The molecule has 0 bridgehead atoms. The summed E-state index contributed by atoms with van der Waals surface area (Å²) in [5.74, 6) is -0.149. The van der Waals surface area contributed by atoms with Crippen molar-refractivity contribution in [2.45, 2.75) is 33.4 Å². The fraction of sp³-hybridized carbons (Fsp3) is 0.571. The summed E-state index contributed by atoms with van der Waals surface area (Å²) in [4.78, 5) is 2.06. The zero-order valence-corrected chi connectivity index (χ0v) is 11.2. The predicted molar refractivity (Wildman–Crippen MR) is 70.2 cm³/mol. The van der Waals surface area contributed by atoms with Crippen molar-refractivity contribution in [2.24, 2.45) is 11.1 Å². The Hall–Kier alpha value is -0.930. The van der Waals surface area contributed by atoms with Crippen LogP contribution in [0.15, 0.2) is 24.3 Å². The van der Waals surface area contributed by atoms with E-state index in [1.807, 2.05) is 19.2 Å². The lowest BCUT2D eigenvalue weighted by Gasteiger charge is -2.31. The number of halogens is 1. The molecule has 0 radical (unpaired) electrons. The SMILES string of the molecule is CN(Cc1ccccc1F)C[C@@H](N)C(C)(C)C. The van der Waals surface area contributed by atoms with E-state index in [1.54, 1.807) is 6.07 Å². The van der Waals surface area contributed by atoms with Crippen LogP contribution in [0.2, 0.25) is 0 Å². The normalized spacial score (nSPS) is 14.1. The molecule has 0 aliphatic rings. The van der Waals surface area contributed by atoms with Crippen LogP contribution in [0.25, 0.3) is 0 Å². The highest BCUT2D eigenvalue weighted by Crippen LogP contribution is 2.18. The monoisotopic (exact) mass is 238 g/mol. The van der Waals surface area contributed by atoms with Crippen LogP contribution in [0.4, 0.5) is 4.39 Å². The number of hydrogen-bond acceptors (Lipinski definition) is 2. The maximum Gasteiger partial charge on any atom is 0.127 e. The maximum absolute atomic E-state index is 13.5. The summed E-state index contributed by atoms with van der Waals surface area (Å²) in [5, 5.41) is 0. The molecule has 0 aliphatic heterocycles. The van der Waals surface area contributed by atoms with Gasteiger partial charge in [-0.2, -0.15) is 0 Å².